The van der Waals surface area contributed by atoms with Crippen LogP contribution in [0.4, 0.5) is 0 Å². The van der Waals surface area contributed by atoms with Crippen LogP contribution in [-0.4, -0.2) is 166 Å². The second-order valence-corrected chi connectivity index (χ2v) is 18.6. The molecule has 8 aromatic heterocycles. The van der Waals surface area contributed by atoms with Crippen LogP contribution in [0.25, 0.3) is 22.3 Å². The highest BCUT2D eigenvalue weighted by atomic mass is 16.5. The molecule has 0 amide bonds. The lowest BCUT2D eigenvalue weighted by molar-refractivity contribution is 0.183. The fraction of sp³-hybridized carbons (Fsp3) is 0.429. The molecule has 0 unspecified atom stereocenters. The van der Waals surface area contributed by atoms with Gasteiger partial charge < -0.3 is 37.9 Å². The molecule has 20 nitrogen and oxygen atoms in total. The molecule has 76 heavy (non-hydrogen) atoms. The quantitative estimate of drug-likeness (QED) is 0.0542. The second kappa shape index (κ2) is 25.8. The molecule has 9 rings (SSSR count). The molecule has 8 bridgehead atoms. The van der Waals surface area contributed by atoms with E-state index in [1.165, 1.54) is 0 Å². The molecule has 404 valence electrons. The first-order valence-electron chi connectivity index (χ1n) is 25.9. The van der Waals surface area contributed by atoms with Crippen LogP contribution in [0.1, 0.15) is 46.1 Å². The maximum absolute atomic E-state index is 5.71. The number of fused-ring (bicyclic) bond motifs is 8. The highest BCUT2D eigenvalue weighted by molar-refractivity contribution is 5.82. The summed E-state index contributed by atoms with van der Waals surface area (Å²) < 4.78 is 63.8. The van der Waals surface area contributed by atoms with E-state index in [1.54, 1.807) is 56.9 Å². The summed E-state index contributed by atoms with van der Waals surface area (Å²) in [5, 5.41) is 3.64. The van der Waals surface area contributed by atoms with Crippen molar-refractivity contribution in [1.82, 2.24) is 56.5 Å². The normalized spacial score (nSPS) is 12.8. The number of nitrogens with zero attached hydrogens (tertiary/aromatic N) is 8. The zero-order valence-corrected chi connectivity index (χ0v) is 45.4. The van der Waals surface area contributed by atoms with Gasteiger partial charge >= 0.3 is 0 Å². The zero-order chi connectivity index (χ0) is 53.0. The highest BCUT2D eigenvalue weighted by Crippen LogP contribution is 2.30. The monoisotopic (exact) mass is 1040 g/mol. The molecular weight excluding hydrogens is 969 g/mol. The van der Waals surface area contributed by atoms with Gasteiger partial charge in [-0.2, -0.15) is 0 Å². The third-order valence-electron chi connectivity index (χ3n) is 14.0. The van der Waals surface area contributed by atoms with Gasteiger partial charge in [-0.25, -0.2) is 0 Å². The molecule has 0 saturated carbocycles. The lowest BCUT2D eigenvalue weighted by Gasteiger charge is -2.11. The number of rotatable bonds is 28. The second-order valence-electron chi connectivity index (χ2n) is 18.6. The van der Waals surface area contributed by atoms with E-state index in [-0.39, 0.29) is 0 Å². The van der Waals surface area contributed by atoms with Crippen LogP contribution >= 0.6 is 0 Å². The minimum Gasteiger partial charge on any atom is -0.383 e. The molecule has 0 aliphatic carbocycles. The Morgan fingerprint density at radius 2 is 0.434 bits per heavy atom. The lowest BCUT2D eigenvalue weighted by Crippen LogP contribution is -2.25. The Hall–Kier alpha value is -6.88. The molecule has 0 aromatic carbocycles. The summed E-state index contributed by atoms with van der Waals surface area (Å²) in [5.74, 6) is 3.94. The van der Waals surface area contributed by atoms with Crippen molar-refractivity contribution in [2.24, 2.45) is 0 Å². The number of aromatic nitrogens is 12. The summed E-state index contributed by atoms with van der Waals surface area (Å²) in [7, 11) is 13.9. The predicted octanol–water partition coefficient (Wildman–Crippen LogP) is 3.01. The average Bonchev–Trinajstić information content (AvgIpc) is 4.35. The van der Waals surface area contributed by atoms with E-state index in [1.807, 2.05) is 0 Å². The zero-order valence-electron chi connectivity index (χ0n) is 45.4. The van der Waals surface area contributed by atoms with Crippen LogP contribution in [0.5, 0.6) is 0 Å². The highest BCUT2D eigenvalue weighted by Gasteiger charge is 2.33. The Bertz CT molecular complexity index is 2890. The maximum Gasteiger partial charge on any atom is 0.203 e. The van der Waals surface area contributed by atoms with Crippen molar-refractivity contribution in [3.05, 3.63) is 166 Å². The predicted molar refractivity (Wildman–Crippen MR) is 290 cm³/mol. The number of ether oxygens (including phenoxy) is 8. The van der Waals surface area contributed by atoms with Crippen LogP contribution in [0, 0.1) is 0 Å². The minimum atomic E-state index is 0.522. The minimum absolute atomic E-state index is 0.522. The van der Waals surface area contributed by atoms with Crippen molar-refractivity contribution < 1.29 is 37.9 Å². The molecule has 4 N–H and O–H groups in total. The van der Waals surface area contributed by atoms with Crippen molar-refractivity contribution in [2.45, 2.75) is 52.4 Å². The van der Waals surface area contributed by atoms with Crippen LogP contribution in [0.2, 0.25) is 0 Å². The molecule has 0 saturated heterocycles. The summed E-state index contributed by atoms with van der Waals surface area (Å²) in [6, 6.07) is 17.5. The molecule has 9 heterocycles. The third-order valence-corrected chi connectivity index (χ3v) is 14.0. The van der Waals surface area contributed by atoms with Crippen LogP contribution < -0.4 is 21.4 Å². The van der Waals surface area contributed by atoms with Crippen molar-refractivity contribution in [1.29, 1.82) is 0 Å². The van der Waals surface area contributed by atoms with E-state index in [0.717, 1.165) is 89.8 Å². The summed E-state index contributed by atoms with van der Waals surface area (Å²) in [6.07, 6.45) is 17.0. The van der Waals surface area contributed by atoms with Gasteiger partial charge in [-0.1, -0.05) is 0 Å². The van der Waals surface area contributed by atoms with Crippen molar-refractivity contribution in [3.8, 4) is 0 Å². The largest absolute Gasteiger partial charge is 0.383 e. The number of hydrogen-bond donors (Lipinski definition) is 4. The molecule has 0 fully saturated rings. The topological polar surface area (TPSA) is 176 Å². The average molecular weight is 1050 g/mol. The van der Waals surface area contributed by atoms with E-state index in [9.17, 15) is 0 Å². The van der Waals surface area contributed by atoms with Gasteiger partial charge in [-0.05, 0) is 0 Å². The van der Waals surface area contributed by atoms with E-state index in [2.05, 4.69) is 155 Å². The maximum atomic E-state index is 5.71. The number of nitrogens with one attached hydrogen (secondary N) is 4. The number of hydrogen-bond acceptors (Lipinski definition) is 8. The standard InChI is InChI=1S/C56H76N12O8/c1-69-33-25-61-17-18-62(26-34-70-2)53(61)49-41-9-11-43(57-41)50(54-63(27-35-71-3)19-20-64(54)28-36-72-4)45-13-15-47(59-45)52(56-67(31-39-75-7)23-24-68(56)32-40-76-8)48-16-14-46(60-48)51(44-12-10-42(49)58-44)55-65(29-37-73-5)21-22-66(55)30-38-74-6/h9-24,57-60H,25-40H2,1-8H3/q+4. The first-order valence-corrected chi connectivity index (χ1v) is 25.9. The fourth-order valence-corrected chi connectivity index (χ4v) is 10.3. The smallest absolute Gasteiger partial charge is 0.203 e. The number of methoxy groups -OCH3 is 8. The molecule has 1 aliphatic rings. The Balaban J connectivity index is 1.47. The lowest BCUT2D eigenvalue weighted by atomic mass is 10.1. The molecular formula is C56H76N12O8+4. The Morgan fingerprint density at radius 1 is 0.263 bits per heavy atom. The molecule has 8 aromatic rings. The van der Waals surface area contributed by atoms with Gasteiger partial charge in [0.15, 0.2) is 22.3 Å². The first-order chi connectivity index (χ1) is 37.4. The van der Waals surface area contributed by atoms with E-state index in [0.29, 0.717) is 105 Å². The van der Waals surface area contributed by atoms with Crippen LogP contribution in [-0.2, 0) is 90.3 Å². The van der Waals surface area contributed by atoms with E-state index >= 15 is 0 Å². The third kappa shape index (κ3) is 11.3. The molecule has 1 aliphatic heterocycles. The number of aromatic amines is 4. The fourth-order valence-electron chi connectivity index (χ4n) is 10.3. The van der Waals surface area contributed by atoms with Crippen molar-refractivity contribution >= 4 is 22.3 Å². The van der Waals surface area contributed by atoms with Crippen LogP contribution in [0.3, 0.4) is 0 Å². The van der Waals surface area contributed by atoms with Gasteiger partial charge in [-0.3, -0.25) is 56.5 Å². The van der Waals surface area contributed by atoms with Crippen molar-refractivity contribution in [2.75, 3.05) is 110 Å². The number of imidazole rings is 4. The Kier molecular flexibility index (Phi) is 18.3. The summed E-state index contributed by atoms with van der Waals surface area (Å²) >= 11 is 0. The Morgan fingerprint density at radius 3 is 0.592 bits per heavy atom. The molecule has 20 heteroatoms. The van der Waals surface area contributed by atoms with Crippen molar-refractivity contribution in [3.63, 3.8) is 0 Å². The van der Waals surface area contributed by atoms with Gasteiger partial charge in [0.05, 0.1) is 105 Å². The van der Waals surface area contributed by atoms with Gasteiger partial charge in [0.1, 0.15) is 93.7 Å². The SMILES string of the molecule is COCCn1ccn(CCOC)[c+]1C1=c2ccc([nH]2)=C([c+]2n(CCOC)ccn2CCOC)c2ccc([nH]2)C([c+]2n(CCOC)ccn2CCOC)=c2ccc([nH]2)=C([c+]2n(CCOC)ccn2CCOC)c2ccc1[nH]2. The molecule has 0 spiro atoms. The molecule has 0 atom stereocenters. The van der Waals surface area contributed by atoms with Crippen LogP contribution in [0.15, 0.2) is 98.1 Å². The molecule has 0 radical (unpaired) electrons. The first kappa shape index (κ1) is 53.9. The van der Waals surface area contributed by atoms with E-state index < -0.39 is 0 Å². The van der Waals surface area contributed by atoms with Gasteiger partial charge in [0, 0.05) is 105 Å². The van der Waals surface area contributed by atoms with Gasteiger partial charge in [-0.15, -0.1) is 0 Å². The summed E-state index contributed by atoms with van der Waals surface area (Å²) in [4.78, 5) is 16.1. The summed E-state index contributed by atoms with van der Waals surface area (Å²) in [6.45, 7) is 9.17. The number of H-pyrrole nitrogens is 4. The Labute approximate surface area is 442 Å². The van der Waals surface area contributed by atoms with Gasteiger partial charge in [0.2, 0.25) is 23.3 Å². The summed E-state index contributed by atoms with van der Waals surface area (Å²) in [5.41, 5.74) is 7.51. The van der Waals surface area contributed by atoms with E-state index in [4.69, 9.17) is 37.9 Å². The van der Waals surface area contributed by atoms with Gasteiger partial charge in [0.25, 0.3) is 0 Å².